The van der Waals surface area contributed by atoms with E-state index in [0.29, 0.717) is 40.7 Å². The van der Waals surface area contributed by atoms with E-state index in [-0.39, 0.29) is 24.7 Å². The number of fused-ring (bicyclic) bond motifs is 6. The van der Waals surface area contributed by atoms with Gasteiger partial charge in [-0.05, 0) is 71.8 Å². The standard InChI is InChI=1S/C22H18N2O4.C20H14FN2O.Li.H/c23-22(27)15-8-4-9-16-20(15)21-17(10-5-11-18(21)28-13-19(25)26)24(16)12-14-6-2-1-3-7-14;21-14-6-3-5-13(11-14)12-23-17-9-2-1-7-15(17)19-16(20(22)24)8-4-10-18(19)23;;/h1-11H,12-13H2,(H2,23,27)(H,25,26);1-6,8-11H,12H2,(H2,22,24);;. The molecular weight excluding hydrogens is 666 g/mol. The molecule has 0 spiro atoms. The van der Waals surface area contributed by atoms with Gasteiger partial charge in [0.25, 0.3) is 0 Å². The van der Waals surface area contributed by atoms with Crippen molar-refractivity contribution < 1.29 is 28.6 Å². The fourth-order valence-electron chi connectivity index (χ4n) is 6.76. The summed E-state index contributed by atoms with van der Waals surface area (Å²) in [4.78, 5) is 34.9. The molecule has 9 nitrogen and oxygen atoms in total. The van der Waals surface area contributed by atoms with Crippen molar-refractivity contribution in [2.24, 2.45) is 11.5 Å². The number of hydrogen-bond donors (Lipinski definition) is 3. The van der Waals surface area contributed by atoms with Crippen LogP contribution < -0.4 is 16.2 Å². The summed E-state index contributed by atoms with van der Waals surface area (Å²) in [6, 6.07) is 41.6. The van der Waals surface area contributed by atoms with Crippen LogP contribution in [0.1, 0.15) is 31.8 Å². The first kappa shape index (κ1) is 36.4. The van der Waals surface area contributed by atoms with E-state index in [2.05, 4.69) is 15.2 Å². The van der Waals surface area contributed by atoms with Crippen LogP contribution in [0.3, 0.4) is 0 Å². The Morgan fingerprint density at radius 2 is 1.19 bits per heavy atom. The van der Waals surface area contributed by atoms with E-state index >= 15 is 0 Å². The molecule has 0 aliphatic heterocycles. The monoisotopic (exact) mass is 699 g/mol. The van der Waals surface area contributed by atoms with E-state index in [0.717, 1.165) is 44.0 Å². The van der Waals surface area contributed by atoms with Crippen LogP contribution in [0.4, 0.5) is 4.39 Å². The second-order valence-electron chi connectivity index (χ2n) is 12.2. The Balaban J connectivity index is 0.000000180. The summed E-state index contributed by atoms with van der Waals surface area (Å²) in [6.07, 6.45) is 0. The second kappa shape index (κ2) is 15.5. The van der Waals surface area contributed by atoms with Crippen LogP contribution in [-0.4, -0.2) is 57.5 Å². The Bertz CT molecular complexity index is 2650. The zero-order valence-corrected chi connectivity index (χ0v) is 27.8. The van der Waals surface area contributed by atoms with Gasteiger partial charge in [0.05, 0.1) is 27.5 Å². The molecule has 8 aromatic rings. The molecule has 8 rings (SSSR count). The van der Waals surface area contributed by atoms with Gasteiger partial charge in [-0.1, -0.05) is 72.8 Å². The van der Waals surface area contributed by atoms with Crippen molar-refractivity contribution in [1.82, 2.24) is 9.13 Å². The normalized spacial score (nSPS) is 10.9. The van der Waals surface area contributed by atoms with Crippen molar-refractivity contribution in [2.75, 3.05) is 6.61 Å². The Kier molecular flexibility index (Phi) is 10.7. The van der Waals surface area contributed by atoms with E-state index < -0.39 is 24.4 Å². The van der Waals surface area contributed by atoms with Crippen LogP contribution in [0.15, 0.2) is 127 Å². The Morgan fingerprint density at radius 3 is 1.85 bits per heavy atom. The molecule has 0 aliphatic carbocycles. The first-order valence-electron chi connectivity index (χ1n) is 16.4. The number of halogens is 1. The minimum atomic E-state index is -1.07. The quantitative estimate of drug-likeness (QED) is 0.145. The SMILES string of the molecule is NC(=O)c1cccc2c1c1[c]cccc1n2Cc1cccc(F)c1.NC(=O)c1cccc2c1c1c(OCC(=O)O)cccc1n2Cc1ccccc1.[LiH]. The van der Waals surface area contributed by atoms with Crippen LogP contribution >= 0.6 is 0 Å². The average Bonchev–Trinajstić information content (AvgIpc) is 3.64. The van der Waals surface area contributed by atoms with E-state index in [4.69, 9.17) is 21.3 Å². The topological polar surface area (TPSA) is 143 Å². The number of hydrogen-bond acceptors (Lipinski definition) is 4. The average molecular weight is 700 g/mol. The molecule has 1 radical (unpaired) electrons. The predicted octanol–water partition coefficient (Wildman–Crippen LogP) is 6.64. The van der Waals surface area contributed by atoms with E-state index in [1.165, 1.54) is 12.1 Å². The number of carbonyl (C=O) groups excluding carboxylic acids is 2. The van der Waals surface area contributed by atoms with Gasteiger partial charge in [0.2, 0.25) is 11.8 Å². The number of nitrogens with two attached hydrogens (primary N) is 2. The molecule has 2 amide bonds. The van der Waals surface area contributed by atoms with Crippen LogP contribution in [0.25, 0.3) is 43.6 Å². The summed E-state index contributed by atoms with van der Waals surface area (Å²) < 4.78 is 23.2. The van der Waals surface area contributed by atoms with E-state index in [9.17, 15) is 18.8 Å². The van der Waals surface area contributed by atoms with Gasteiger partial charge in [-0.15, -0.1) is 0 Å². The third kappa shape index (κ3) is 7.24. The summed E-state index contributed by atoms with van der Waals surface area (Å²) in [5.74, 6) is -1.94. The molecule has 259 valence electrons. The molecule has 0 fully saturated rings. The van der Waals surface area contributed by atoms with Crippen molar-refractivity contribution >= 4 is 80.3 Å². The molecule has 0 saturated carbocycles. The first-order valence-corrected chi connectivity index (χ1v) is 16.4. The van der Waals surface area contributed by atoms with E-state index in [1.54, 1.807) is 30.3 Å². The number of ether oxygens (including phenoxy) is 1. The molecule has 0 unspecified atom stereocenters. The molecule has 0 atom stereocenters. The molecule has 6 aromatic carbocycles. The Labute approximate surface area is 315 Å². The van der Waals surface area contributed by atoms with Crippen LogP contribution in [0.5, 0.6) is 5.75 Å². The number of primary amides is 2. The fraction of sp³-hybridized carbons (Fsp3) is 0.0714. The number of benzene rings is 6. The Hall–Kier alpha value is -6.34. The zero-order valence-electron chi connectivity index (χ0n) is 27.8. The number of aliphatic carboxylic acids is 1. The molecule has 5 N–H and O–H groups in total. The maximum atomic E-state index is 13.5. The van der Waals surface area contributed by atoms with Gasteiger partial charge in [-0.25, -0.2) is 9.18 Å². The van der Waals surface area contributed by atoms with Gasteiger partial charge in [0.15, 0.2) is 6.61 Å². The van der Waals surface area contributed by atoms with Crippen LogP contribution in [-0.2, 0) is 17.9 Å². The number of carbonyl (C=O) groups is 3. The molecule has 0 saturated heterocycles. The molecule has 0 bridgehead atoms. The summed E-state index contributed by atoms with van der Waals surface area (Å²) in [5.41, 5.74) is 17.5. The fourth-order valence-corrected chi connectivity index (χ4v) is 6.76. The van der Waals surface area contributed by atoms with Crippen molar-refractivity contribution in [3.8, 4) is 5.75 Å². The third-order valence-electron chi connectivity index (χ3n) is 8.88. The maximum absolute atomic E-state index is 13.5. The van der Waals surface area contributed by atoms with Crippen LogP contribution in [0, 0.1) is 11.9 Å². The molecule has 0 aliphatic rings. The molecule has 11 heteroatoms. The number of carboxylic acid groups (broad SMARTS) is 1. The summed E-state index contributed by atoms with van der Waals surface area (Å²) >= 11 is 0. The van der Waals surface area contributed by atoms with Crippen LogP contribution in [0.2, 0.25) is 0 Å². The molecule has 2 heterocycles. The molecular formula is C42H33FLiN4O5. The molecule has 2 aromatic heterocycles. The van der Waals surface area contributed by atoms with Gasteiger partial charge in [-0.2, -0.15) is 0 Å². The second-order valence-corrected chi connectivity index (χ2v) is 12.2. The predicted molar refractivity (Wildman–Crippen MR) is 206 cm³/mol. The van der Waals surface area contributed by atoms with Gasteiger partial charge in [-0.3, -0.25) is 9.59 Å². The summed E-state index contributed by atoms with van der Waals surface area (Å²) in [6.45, 7) is 0.618. The zero-order chi connectivity index (χ0) is 36.4. The first-order chi connectivity index (χ1) is 25.2. The number of carboxylic acids is 1. The van der Waals surface area contributed by atoms with Crippen molar-refractivity contribution in [3.63, 3.8) is 0 Å². The number of amides is 2. The Morgan fingerprint density at radius 1 is 0.642 bits per heavy atom. The van der Waals surface area contributed by atoms with Gasteiger partial charge >= 0.3 is 24.8 Å². The number of aromatic nitrogens is 2. The van der Waals surface area contributed by atoms with Gasteiger partial charge < -0.3 is 30.4 Å². The van der Waals surface area contributed by atoms with Crippen molar-refractivity contribution in [1.29, 1.82) is 0 Å². The molecule has 53 heavy (non-hydrogen) atoms. The van der Waals surface area contributed by atoms with Crippen molar-refractivity contribution in [3.05, 3.63) is 162 Å². The summed E-state index contributed by atoms with van der Waals surface area (Å²) in [5, 5.41) is 12.0. The minimum absolute atomic E-state index is 0. The third-order valence-corrected chi connectivity index (χ3v) is 8.88. The van der Waals surface area contributed by atoms with Crippen molar-refractivity contribution in [2.45, 2.75) is 13.1 Å². The number of nitrogens with zero attached hydrogens (tertiary/aromatic N) is 2. The summed E-state index contributed by atoms with van der Waals surface area (Å²) in [7, 11) is 0. The van der Waals surface area contributed by atoms with Gasteiger partial charge in [0.1, 0.15) is 11.6 Å². The van der Waals surface area contributed by atoms with Gasteiger partial charge in [0, 0.05) is 40.4 Å². The number of rotatable bonds is 9. The van der Waals surface area contributed by atoms with E-state index in [1.807, 2.05) is 84.9 Å².